The Morgan fingerprint density at radius 2 is 1.14 bits per heavy atom. The third-order valence-corrected chi connectivity index (χ3v) is 17.5. The summed E-state index contributed by atoms with van der Waals surface area (Å²) in [6.07, 6.45) is 7.93. The number of allylic oxidation sites excluding steroid dienone is 2. The Labute approximate surface area is 435 Å². The maximum absolute atomic E-state index is 13.9. The lowest BCUT2D eigenvalue weighted by Gasteiger charge is -2.40. The molecule has 2 aromatic heterocycles. The topological polar surface area (TPSA) is 222 Å². The molecule has 0 radical (unpaired) electrons. The molecule has 25 heteroatoms. The number of aliphatic hydroxyl groups is 1. The van der Waals surface area contributed by atoms with Crippen molar-refractivity contribution in [1.29, 1.82) is 0 Å². The number of benzene rings is 2. The number of aliphatic hydroxyl groups excluding tert-OH is 1. The first kappa shape index (κ1) is 55.0. The van der Waals surface area contributed by atoms with Crippen molar-refractivity contribution in [2.75, 3.05) is 45.4 Å². The van der Waals surface area contributed by atoms with Gasteiger partial charge in [-0.3, -0.25) is 9.98 Å². The highest BCUT2D eigenvalue weighted by Crippen LogP contribution is 2.43. The predicted octanol–water partition coefficient (Wildman–Crippen LogP) is 7.17. The molecule has 4 aromatic rings. The van der Waals surface area contributed by atoms with Crippen LogP contribution in [0.3, 0.4) is 0 Å². The molecule has 0 aliphatic carbocycles. The Balaban J connectivity index is 0.000000211. The Bertz CT molecular complexity index is 2800. The van der Waals surface area contributed by atoms with Crippen molar-refractivity contribution in [3.63, 3.8) is 0 Å². The van der Waals surface area contributed by atoms with E-state index >= 15 is 0 Å². The van der Waals surface area contributed by atoms with Crippen molar-refractivity contribution in [2.24, 2.45) is 21.8 Å². The SMILES string of the molecule is CCOC(=O)C1=C([C@H]2CCN(S(C)(=O)=O)[C@H](CC)C2)NC(c2nccs2)=NC1c1ccc(F)cc1Cl.CCOC(=O)C1=C([C@H]2CCN(S(C)(=O)=O)[C@H](CO)C2)NC(c2nccs2)=NC1c1ccc(F)cc1Cl. The molecule has 2 unspecified atom stereocenters. The van der Waals surface area contributed by atoms with Crippen LogP contribution < -0.4 is 10.6 Å². The van der Waals surface area contributed by atoms with Crippen molar-refractivity contribution < 1.29 is 49.8 Å². The molecular formula is C47H54Cl2F2N8O9S4. The number of rotatable bonds is 14. The van der Waals surface area contributed by atoms with Gasteiger partial charge in [0.05, 0.1) is 43.5 Å². The second-order valence-electron chi connectivity index (χ2n) is 17.2. The minimum absolute atomic E-state index is 0.102. The van der Waals surface area contributed by atoms with Crippen molar-refractivity contribution in [2.45, 2.75) is 77.0 Å². The van der Waals surface area contributed by atoms with E-state index in [1.54, 1.807) is 31.6 Å². The zero-order chi connectivity index (χ0) is 52.1. The van der Waals surface area contributed by atoms with Gasteiger partial charge in [-0.15, -0.1) is 22.7 Å². The van der Waals surface area contributed by atoms with E-state index < -0.39 is 61.7 Å². The molecule has 0 bridgehead atoms. The van der Waals surface area contributed by atoms with Gasteiger partial charge in [0.25, 0.3) is 0 Å². The Morgan fingerprint density at radius 3 is 1.49 bits per heavy atom. The summed E-state index contributed by atoms with van der Waals surface area (Å²) in [5.41, 5.74) is 2.51. The lowest BCUT2D eigenvalue weighted by atomic mass is 9.83. The van der Waals surface area contributed by atoms with Gasteiger partial charge in [0.15, 0.2) is 21.7 Å². The third kappa shape index (κ3) is 12.4. The summed E-state index contributed by atoms with van der Waals surface area (Å²) < 4.78 is 90.6. The standard InChI is InChI=1S/C24H28ClFN4O4S2.C23H26ClFN4O5S2/c1-4-16-12-14(8-10-30(16)36(3,32)33)20-19(24(31)34-5-2)21(17-7-6-15(26)13-18(17)25)29-22(28-20)23-27-9-11-35-23;1-3-34-23(31)18-19(13-6-8-29(36(2,32)33)15(10-13)12-30)27-21(22-26-7-9-35-22)28-20(18)16-5-4-14(25)11-17(16)24/h6-7,9,11,13-14,16,21H,4-5,8,10,12H2,1-3H3,(H,28,29);4-5,7,9,11,13,15,20,30H,3,6,8,10,12H2,1-2H3,(H,27,28)/t14-,16+,21?;13-,15-,20?/m00/s1. The lowest BCUT2D eigenvalue weighted by Crippen LogP contribution is -2.49. The maximum Gasteiger partial charge on any atom is 0.338 e. The van der Waals surface area contributed by atoms with Gasteiger partial charge in [0.2, 0.25) is 20.0 Å². The molecule has 0 amide bonds. The van der Waals surface area contributed by atoms with Crippen molar-refractivity contribution >= 4 is 89.5 Å². The monoisotopic (exact) mass is 1110 g/mol. The van der Waals surface area contributed by atoms with Crippen LogP contribution in [0.25, 0.3) is 0 Å². The first-order valence-electron chi connectivity index (χ1n) is 23.0. The summed E-state index contributed by atoms with van der Waals surface area (Å²) in [6.45, 7) is 5.76. The molecule has 388 valence electrons. The largest absolute Gasteiger partial charge is 0.463 e. The molecule has 4 aliphatic rings. The highest BCUT2D eigenvalue weighted by Gasteiger charge is 2.43. The van der Waals surface area contributed by atoms with E-state index in [-0.39, 0.29) is 66.3 Å². The van der Waals surface area contributed by atoms with Crippen LogP contribution in [-0.4, -0.2) is 122 Å². The first-order chi connectivity index (χ1) is 34.3. The number of halogens is 4. The van der Waals surface area contributed by atoms with Gasteiger partial charge < -0.3 is 25.2 Å². The molecule has 6 atom stereocenters. The molecule has 0 saturated carbocycles. The van der Waals surface area contributed by atoms with Crippen LogP contribution in [0, 0.1) is 23.5 Å². The molecule has 4 aliphatic heterocycles. The van der Waals surface area contributed by atoms with Crippen LogP contribution in [0.5, 0.6) is 0 Å². The number of carbonyl (C=O) groups excluding carboxylic acids is 2. The Kier molecular flexibility index (Phi) is 18.1. The second kappa shape index (κ2) is 23.7. The molecular weight excluding hydrogens is 1060 g/mol. The number of aliphatic imine (C=N–C) groups is 2. The highest BCUT2D eigenvalue weighted by molar-refractivity contribution is 7.88. The lowest BCUT2D eigenvalue weighted by molar-refractivity contribution is -0.140. The second-order valence-corrected chi connectivity index (χ2v) is 23.7. The number of esters is 2. The van der Waals surface area contributed by atoms with Gasteiger partial charge in [-0.05, 0) is 70.2 Å². The van der Waals surface area contributed by atoms with E-state index in [2.05, 4.69) is 20.6 Å². The molecule has 8 rings (SSSR count). The van der Waals surface area contributed by atoms with E-state index in [0.717, 1.165) is 12.3 Å². The number of hydrogen-bond donors (Lipinski definition) is 3. The van der Waals surface area contributed by atoms with Gasteiger partial charge in [-0.1, -0.05) is 42.3 Å². The van der Waals surface area contributed by atoms with Gasteiger partial charge in [0, 0.05) is 92.7 Å². The normalized spacial score (nSPS) is 23.2. The Morgan fingerprint density at radius 1 is 0.722 bits per heavy atom. The number of amidine groups is 2. The summed E-state index contributed by atoms with van der Waals surface area (Å²) in [7, 11) is -6.90. The van der Waals surface area contributed by atoms with E-state index in [0.29, 0.717) is 82.0 Å². The summed E-state index contributed by atoms with van der Waals surface area (Å²) in [6, 6.07) is 5.25. The molecule has 3 N–H and O–H groups in total. The summed E-state index contributed by atoms with van der Waals surface area (Å²) in [4.78, 5) is 44.9. The minimum Gasteiger partial charge on any atom is -0.463 e. The van der Waals surface area contributed by atoms with Gasteiger partial charge in [-0.25, -0.2) is 45.2 Å². The number of nitrogens with one attached hydrogen (secondary N) is 2. The van der Waals surface area contributed by atoms with E-state index in [4.69, 9.17) is 42.7 Å². The van der Waals surface area contributed by atoms with Gasteiger partial charge in [0.1, 0.15) is 23.7 Å². The fourth-order valence-corrected chi connectivity index (χ4v) is 13.5. The van der Waals surface area contributed by atoms with E-state index in [1.165, 1.54) is 67.9 Å². The minimum atomic E-state index is -3.53. The average molecular weight is 1110 g/mol. The number of sulfonamides is 2. The number of aromatic nitrogens is 2. The fourth-order valence-electron chi connectivity index (χ4n) is 9.43. The number of nitrogens with zero attached hydrogens (tertiary/aromatic N) is 6. The highest BCUT2D eigenvalue weighted by atomic mass is 35.5. The first-order valence-corrected chi connectivity index (χ1v) is 29.2. The van der Waals surface area contributed by atoms with Gasteiger partial charge >= 0.3 is 11.9 Å². The zero-order valence-electron chi connectivity index (χ0n) is 39.9. The smallest absolute Gasteiger partial charge is 0.338 e. The van der Waals surface area contributed by atoms with Crippen molar-refractivity contribution in [1.82, 2.24) is 29.2 Å². The van der Waals surface area contributed by atoms with E-state index in [1.807, 2.05) is 12.3 Å². The maximum atomic E-state index is 13.9. The molecule has 2 fully saturated rings. The van der Waals surface area contributed by atoms with Gasteiger partial charge in [-0.2, -0.15) is 8.61 Å². The molecule has 6 heterocycles. The number of ether oxygens (including phenoxy) is 2. The van der Waals surface area contributed by atoms with Crippen LogP contribution in [0.2, 0.25) is 10.0 Å². The third-order valence-electron chi connectivity index (χ3n) is 12.6. The summed E-state index contributed by atoms with van der Waals surface area (Å²) in [5.74, 6) is -1.80. The van der Waals surface area contributed by atoms with Crippen LogP contribution in [0.1, 0.15) is 86.1 Å². The van der Waals surface area contributed by atoms with Crippen molar-refractivity contribution in [3.05, 3.63) is 125 Å². The number of carbonyl (C=O) groups is 2. The Hall–Kier alpha value is -4.72. The van der Waals surface area contributed by atoms with Crippen molar-refractivity contribution in [3.8, 4) is 0 Å². The number of hydrogen-bond acceptors (Lipinski definition) is 17. The zero-order valence-corrected chi connectivity index (χ0v) is 44.6. The predicted molar refractivity (Wildman–Crippen MR) is 273 cm³/mol. The molecule has 72 heavy (non-hydrogen) atoms. The molecule has 2 aromatic carbocycles. The molecule has 0 spiro atoms. The quantitative estimate of drug-likeness (QED) is 0.107. The fraction of sp³-hybridized carbons (Fsp3) is 0.447. The summed E-state index contributed by atoms with van der Waals surface area (Å²) >= 11 is 15.6. The summed E-state index contributed by atoms with van der Waals surface area (Å²) in [5, 5.41) is 21.6. The van der Waals surface area contributed by atoms with Crippen LogP contribution in [-0.2, 0) is 39.1 Å². The molecule has 2 saturated heterocycles. The van der Waals surface area contributed by atoms with Crippen LogP contribution in [0.4, 0.5) is 8.78 Å². The number of piperidine rings is 2. The van der Waals surface area contributed by atoms with Crippen LogP contribution in [0.15, 0.2) is 92.1 Å². The average Bonchev–Trinajstić information content (AvgIpc) is 4.09. The van der Waals surface area contributed by atoms with E-state index in [9.17, 15) is 40.3 Å². The van der Waals surface area contributed by atoms with Crippen LogP contribution >= 0.6 is 45.9 Å². The number of thiazole rings is 2. The molecule has 17 nitrogen and oxygen atoms in total.